The molecule has 1 N–H and O–H groups in total. The van der Waals surface area contributed by atoms with Crippen molar-refractivity contribution in [1.29, 1.82) is 0 Å². The summed E-state index contributed by atoms with van der Waals surface area (Å²) in [4.78, 5) is 12.0. The molecule has 2 aromatic rings. The summed E-state index contributed by atoms with van der Waals surface area (Å²) in [5, 5.41) is 2.79. The van der Waals surface area contributed by atoms with E-state index in [1.165, 1.54) is 4.31 Å². The van der Waals surface area contributed by atoms with Crippen LogP contribution < -0.4 is 19.1 Å². The summed E-state index contributed by atoms with van der Waals surface area (Å²) >= 11 is 0. The number of methoxy groups -OCH3 is 1. The van der Waals surface area contributed by atoms with Crippen molar-refractivity contribution in [3.63, 3.8) is 0 Å². The van der Waals surface area contributed by atoms with Crippen molar-refractivity contribution in [1.82, 2.24) is 5.32 Å². The molecule has 8 heteroatoms. The van der Waals surface area contributed by atoms with E-state index in [0.717, 1.165) is 17.6 Å². The van der Waals surface area contributed by atoms with E-state index in [2.05, 4.69) is 5.32 Å². The Morgan fingerprint density at radius 2 is 1.83 bits per heavy atom. The number of anilines is 1. The van der Waals surface area contributed by atoms with E-state index >= 15 is 0 Å². The van der Waals surface area contributed by atoms with E-state index in [1.54, 1.807) is 31.4 Å². The fourth-order valence-electron chi connectivity index (χ4n) is 2.77. The van der Waals surface area contributed by atoms with Crippen LogP contribution in [-0.4, -0.2) is 47.4 Å². The molecule has 0 fully saturated rings. The Labute approximate surface area is 172 Å². The molecule has 0 spiro atoms. The number of rotatable bonds is 11. The SMILES string of the molecule is COc1ccc(N(CCCC(=O)NCCOc2cccc(C)c2)S(C)(=O)=O)cc1. The predicted octanol–water partition coefficient (Wildman–Crippen LogP) is 2.75. The first-order chi connectivity index (χ1) is 13.8. The number of nitrogens with zero attached hydrogens (tertiary/aromatic N) is 1. The molecule has 0 aliphatic heterocycles. The largest absolute Gasteiger partial charge is 0.497 e. The van der Waals surface area contributed by atoms with Gasteiger partial charge in [-0.05, 0) is 55.3 Å². The van der Waals surface area contributed by atoms with Gasteiger partial charge in [-0.3, -0.25) is 9.10 Å². The monoisotopic (exact) mass is 420 g/mol. The normalized spacial score (nSPS) is 11.0. The number of hydrogen-bond donors (Lipinski definition) is 1. The lowest BCUT2D eigenvalue weighted by Gasteiger charge is -2.22. The van der Waals surface area contributed by atoms with Gasteiger partial charge in [-0.2, -0.15) is 0 Å². The molecular weight excluding hydrogens is 392 g/mol. The van der Waals surface area contributed by atoms with E-state index in [0.29, 0.717) is 31.0 Å². The number of carbonyl (C=O) groups excluding carboxylic acids is 1. The molecule has 0 bridgehead atoms. The molecule has 0 aliphatic rings. The van der Waals surface area contributed by atoms with Gasteiger partial charge < -0.3 is 14.8 Å². The minimum absolute atomic E-state index is 0.138. The predicted molar refractivity (Wildman–Crippen MR) is 114 cm³/mol. The smallest absolute Gasteiger partial charge is 0.232 e. The second kappa shape index (κ2) is 10.7. The van der Waals surface area contributed by atoms with Crippen LogP contribution in [0.5, 0.6) is 11.5 Å². The first-order valence-corrected chi connectivity index (χ1v) is 11.2. The highest BCUT2D eigenvalue weighted by Gasteiger charge is 2.17. The van der Waals surface area contributed by atoms with Gasteiger partial charge in [0.05, 0.1) is 25.6 Å². The first-order valence-electron chi connectivity index (χ1n) is 9.37. The minimum Gasteiger partial charge on any atom is -0.497 e. The van der Waals surface area contributed by atoms with Crippen molar-refractivity contribution >= 4 is 21.6 Å². The van der Waals surface area contributed by atoms with Crippen LogP contribution in [0.3, 0.4) is 0 Å². The van der Waals surface area contributed by atoms with Crippen molar-refractivity contribution < 1.29 is 22.7 Å². The van der Waals surface area contributed by atoms with Gasteiger partial charge in [-0.15, -0.1) is 0 Å². The zero-order chi connectivity index (χ0) is 21.3. The molecule has 0 radical (unpaired) electrons. The minimum atomic E-state index is -3.45. The van der Waals surface area contributed by atoms with E-state index in [1.807, 2.05) is 31.2 Å². The maximum atomic E-state index is 12.1. The van der Waals surface area contributed by atoms with Gasteiger partial charge in [0.1, 0.15) is 18.1 Å². The van der Waals surface area contributed by atoms with Crippen molar-refractivity contribution in [2.75, 3.05) is 37.4 Å². The van der Waals surface area contributed by atoms with Crippen LogP contribution in [0.15, 0.2) is 48.5 Å². The van der Waals surface area contributed by atoms with Crippen molar-refractivity contribution in [3.05, 3.63) is 54.1 Å². The third-order valence-electron chi connectivity index (χ3n) is 4.21. The lowest BCUT2D eigenvalue weighted by molar-refractivity contribution is -0.121. The highest BCUT2D eigenvalue weighted by Crippen LogP contribution is 2.21. The van der Waals surface area contributed by atoms with Gasteiger partial charge in [-0.1, -0.05) is 12.1 Å². The molecule has 29 heavy (non-hydrogen) atoms. The highest BCUT2D eigenvalue weighted by atomic mass is 32.2. The summed E-state index contributed by atoms with van der Waals surface area (Å²) in [7, 11) is -1.90. The Morgan fingerprint density at radius 3 is 2.45 bits per heavy atom. The van der Waals surface area contributed by atoms with Crippen molar-refractivity contribution in [2.45, 2.75) is 19.8 Å². The van der Waals surface area contributed by atoms with E-state index < -0.39 is 10.0 Å². The molecule has 7 nitrogen and oxygen atoms in total. The number of benzene rings is 2. The second-order valence-corrected chi connectivity index (χ2v) is 8.56. The lowest BCUT2D eigenvalue weighted by atomic mass is 10.2. The van der Waals surface area contributed by atoms with Crippen LogP contribution in [0.25, 0.3) is 0 Å². The van der Waals surface area contributed by atoms with Crippen LogP contribution >= 0.6 is 0 Å². The molecule has 0 saturated carbocycles. The number of aryl methyl sites for hydroxylation is 1. The molecule has 0 atom stereocenters. The van der Waals surface area contributed by atoms with Gasteiger partial charge in [0.25, 0.3) is 0 Å². The summed E-state index contributed by atoms with van der Waals surface area (Å²) < 4.78 is 36.2. The molecule has 0 aromatic heterocycles. The van der Waals surface area contributed by atoms with Gasteiger partial charge in [0.2, 0.25) is 15.9 Å². The van der Waals surface area contributed by atoms with Crippen LogP contribution in [0, 0.1) is 6.92 Å². The Hall–Kier alpha value is -2.74. The second-order valence-electron chi connectivity index (χ2n) is 6.65. The van der Waals surface area contributed by atoms with Gasteiger partial charge in [-0.25, -0.2) is 8.42 Å². The van der Waals surface area contributed by atoms with Gasteiger partial charge in [0.15, 0.2) is 0 Å². The summed E-state index contributed by atoms with van der Waals surface area (Å²) in [5.74, 6) is 1.28. The third-order valence-corrected chi connectivity index (χ3v) is 5.40. The number of amides is 1. The number of hydrogen-bond acceptors (Lipinski definition) is 5. The number of carbonyl (C=O) groups is 1. The maximum absolute atomic E-state index is 12.1. The maximum Gasteiger partial charge on any atom is 0.232 e. The first kappa shape index (κ1) is 22.5. The Balaban J connectivity index is 1.76. The molecular formula is C21H28N2O5S. The van der Waals surface area contributed by atoms with E-state index in [-0.39, 0.29) is 18.9 Å². The average Bonchev–Trinajstić information content (AvgIpc) is 2.68. The molecule has 0 saturated heterocycles. The zero-order valence-corrected chi connectivity index (χ0v) is 17.9. The molecule has 2 rings (SSSR count). The Kier molecular flexibility index (Phi) is 8.33. The van der Waals surface area contributed by atoms with Gasteiger partial charge >= 0.3 is 0 Å². The van der Waals surface area contributed by atoms with Crippen LogP contribution in [-0.2, 0) is 14.8 Å². The van der Waals surface area contributed by atoms with Crippen LogP contribution in [0.4, 0.5) is 5.69 Å². The Morgan fingerprint density at radius 1 is 1.10 bits per heavy atom. The van der Waals surface area contributed by atoms with E-state index in [9.17, 15) is 13.2 Å². The number of nitrogens with one attached hydrogen (secondary N) is 1. The fraction of sp³-hybridized carbons (Fsp3) is 0.381. The molecule has 0 aliphatic carbocycles. The molecule has 158 valence electrons. The average molecular weight is 421 g/mol. The Bertz CT molecular complexity index is 898. The summed E-state index contributed by atoms with van der Waals surface area (Å²) in [5.41, 5.74) is 1.65. The van der Waals surface area contributed by atoms with E-state index in [4.69, 9.17) is 9.47 Å². The number of sulfonamides is 1. The lowest BCUT2D eigenvalue weighted by Crippen LogP contribution is -2.32. The third kappa shape index (κ3) is 7.65. The highest BCUT2D eigenvalue weighted by molar-refractivity contribution is 7.92. The molecule has 0 heterocycles. The molecule has 0 unspecified atom stereocenters. The molecule has 1 amide bonds. The zero-order valence-electron chi connectivity index (χ0n) is 17.1. The number of ether oxygens (including phenoxy) is 2. The van der Waals surface area contributed by atoms with Crippen molar-refractivity contribution in [2.24, 2.45) is 0 Å². The quantitative estimate of drug-likeness (QED) is 0.565. The standard InChI is InChI=1S/C21H28N2O5S/c1-17-6-4-7-20(16-17)28-15-13-22-21(24)8-5-14-23(29(3,25)26)18-9-11-19(27-2)12-10-18/h4,6-7,9-12,16H,5,8,13-15H2,1-3H3,(H,22,24). The van der Waals surface area contributed by atoms with Crippen LogP contribution in [0.2, 0.25) is 0 Å². The van der Waals surface area contributed by atoms with Gasteiger partial charge in [0, 0.05) is 13.0 Å². The summed E-state index contributed by atoms with van der Waals surface area (Å²) in [6, 6.07) is 14.5. The summed E-state index contributed by atoms with van der Waals surface area (Å²) in [6.07, 6.45) is 1.79. The molecule has 2 aromatic carbocycles. The van der Waals surface area contributed by atoms with Crippen LogP contribution in [0.1, 0.15) is 18.4 Å². The summed E-state index contributed by atoms with van der Waals surface area (Å²) in [6.45, 7) is 2.97. The van der Waals surface area contributed by atoms with Crippen molar-refractivity contribution in [3.8, 4) is 11.5 Å². The topological polar surface area (TPSA) is 84.9 Å². The fourth-order valence-corrected chi connectivity index (χ4v) is 3.74.